The summed E-state index contributed by atoms with van der Waals surface area (Å²) in [6.07, 6.45) is 4.05. The monoisotopic (exact) mass is 310 g/mol. The Morgan fingerprint density at radius 2 is 2.14 bits per heavy atom. The summed E-state index contributed by atoms with van der Waals surface area (Å²) in [7, 11) is 0. The van der Waals surface area contributed by atoms with Crippen LogP contribution in [0.3, 0.4) is 0 Å². The molecule has 2 atom stereocenters. The van der Waals surface area contributed by atoms with E-state index in [4.69, 9.17) is 0 Å². The Bertz CT molecular complexity index is 479. The molecule has 5 heteroatoms. The molecular weight excluding hydrogens is 284 g/mol. The topological polar surface area (TPSA) is 62.2 Å². The van der Waals surface area contributed by atoms with Gasteiger partial charge < -0.3 is 10.4 Å². The van der Waals surface area contributed by atoms with Gasteiger partial charge in [-0.1, -0.05) is 33.6 Å². The molecule has 0 aliphatic heterocycles. The molecule has 0 radical (unpaired) electrons. The Balaban J connectivity index is 1.83. The molecule has 2 rings (SSSR count). The first-order chi connectivity index (χ1) is 9.88. The van der Waals surface area contributed by atoms with Crippen LogP contribution in [0.1, 0.15) is 57.2 Å². The number of carboxylic acid groups (broad SMARTS) is 1. The van der Waals surface area contributed by atoms with Gasteiger partial charge in [-0.2, -0.15) is 0 Å². The third-order valence-corrected chi connectivity index (χ3v) is 5.45. The first-order valence-corrected chi connectivity index (χ1v) is 8.64. The minimum Gasteiger partial charge on any atom is -0.481 e. The van der Waals surface area contributed by atoms with E-state index in [0.717, 1.165) is 49.5 Å². The van der Waals surface area contributed by atoms with Gasteiger partial charge in [0.1, 0.15) is 0 Å². The average molecular weight is 310 g/mol. The zero-order valence-electron chi connectivity index (χ0n) is 13.2. The summed E-state index contributed by atoms with van der Waals surface area (Å²) >= 11 is 1.70. The van der Waals surface area contributed by atoms with Gasteiger partial charge in [0.25, 0.3) is 0 Å². The third kappa shape index (κ3) is 4.51. The molecule has 1 aliphatic rings. The Labute approximate surface area is 131 Å². The zero-order chi connectivity index (χ0) is 15.5. The molecule has 1 aliphatic carbocycles. The maximum absolute atomic E-state index is 11.3. The van der Waals surface area contributed by atoms with Crippen LogP contribution in [0.4, 0.5) is 0 Å². The summed E-state index contributed by atoms with van der Waals surface area (Å²) in [4.78, 5) is 15.9. The number of hydrogen-bond acceptors (Lipinski definition) is 4. The minimum absolute atomic E-state index is 0.0979. The van der Waals surface area contributed by atoms with Crippen molar-refractivity contribution in [3.05, 3.63) is 16.1 Å². The number of thiazole rings is 1. The first kappa shape index (κ1) is 16.4. The molecule has 21 heavy (non-hydrogen) atoms. The van der Waals surface area contributed by atoms with Crippen molar-refractivity contribution in [1.29, 1.82) is 0 Å². The average Bonchev–Trinajstić information content (AvgIpc) is 2.88. The first-order valence-electron chi connectivity index (χ1n) is 7.76. The second-order valence-corrected chi connectivity index (χ2v) is 7.87. The van der Waals surface area contributed by atoms with E-state index < -0.39 is 5.97 Å². The van der Waals surface area contributed by atoms with Crippen molar-refractivity contribution in [3.63, 3.8) is 0 Å². The SMILES string of the molecule is CC(C)(C)c1nc(CNCC2CCCCC2C(=O)O)cs1. The smallest absolute Gasteiger partial charge is 0.306 e. The fraction of sp³-hybridized carbons (Fsp3) is 0.750. The van der Waals surface area contributed by atoms with Crippen LogP contribution < -0.4 is 5.32 Å². The lowest BCUT2D eigenvalue weighted by Crippen LogP contribution is -2.34. The highest BCUT2D eigenvalue weighted by Gasteiger charge is 2.30. The van der Waals surface area contributed by atoms with Crippen molar-refractivity contribution < 1.29 is 9.90 Å². The molecule has 1 aromatic rings. The third-order valence-electron chi connectivity index (χ3n) is 4.13. The summed E-state index contributed by atoms with van der Waals surface area (Å²) < 4.78 is 0. The van der Waals surface area contributed by atoms with E-state index in [1.54, 1.807) is 11.3 Å². The van der Waals surface area contributed by atoms with Gasteiger partial charge in [0.05, 0.1) is 16.6 Å². The molecule has 1 fully saturated rings. The number of aliphatic carboxylic acids is 1. The normalized spacial score (nSPS) is 23.2. The summed E-state index contributed by atoms with van der Waals surface area (Å²) in [5, 5.41) is 15.9. The highest BCUT2D eigenvalue weighted by atomic mass is 32.1. The second-order valence-electron chi connectivity index (χ2n) is 7.01. The van der Waals surface area contributed by atoms with E-state index in [-0.39, 0.29) is 17.3 Å². The molecule has 0 saturated heterocycles. The number of nitrogens with one attached hydrogen (secondary N) is 1. The standard InChI is InChI=1S/C16H26N2O2S/c1-16(2,3)15-18-12(10-21-15)9-17-8-11-6-4-5-7-13(11)14(19)20/h10-11,13,17H,4-9H2,1-3H3,(H,19,20). The largest absolute Gasteiger partial charge is 0.481 e. The fourth-order valence-electron chi connectivity index (χ4n) is 2.90. The van der Waals surface area contributed by atoms with Gasteiger partial charge in [-0.05, 0) is 25.3 Å². The molecular formula is C16H26N2O2S. The van der Waals surface area contributed by atoms with Gasteiger partial charge >= 0.3 is 5.97 Å². The quantitative estimate of drug-likeness (QED) is 0.875. The number of rotatable bonds is 5. The molecule has 2 unspecified atom stereocenters. The van der Waals surface area contributed by atoms with E-state index in [1.165, 1.54) is 0 Å². The molecule has 2 N–H and O–H groups in total. The van der Waals surface area contributed by atoms with Crippen LogP contribution in [-0.2, 0) is 16.8 Å². The molecule has 1 heterocycles. The molecule has 0 bridgehead atoms. The van der Waals surface area contributed by atoms with Crippen LogP contribution in [0.2, 0.25) is 0 Å². The van der Waals surface area contributed by atoms with E-state index in [2.05, 4.69) is 36.5 Å². The fourth-order valence-corrected chi connectivity index (χ4v) is 3.80. The lowest BCUT2D eigenvalue weighted by molar-refractivity contribution is -0.144. The summed E-state index contributed by atoms with van der Waals surface area (Å²) in [5.74, 6) is -0.547. The van der Waals surface area contributed by atoms with Gasteiger partial charge in [-0.15, -0.1) is 11.3 Å². The maximum atomic E-state index is 11.3. The Hall–Kier alpha value is -0.940. The van der Waals surface area contributed by atoms with Gasteiger partial charge in [-0.25, -0.2) is 4.98 Å². The van der Waals surface area contributed by atoms with Gasteiger partial charge in [0.15, 0.2) is 0 Å². The zero-order valence-corrected chi connectivity index (χ0v) is 14.0. The lowest BCUT2D eigenvalue weighted by atomic mass is 9.79. The van der Waals surface area contributed by atoms with Crippen LogP contribution in [0.15, 0.2) is 5.38 Å². The van der Waals surface area contributed by atoms with Gasteiger partial charge in [-0.3, -0.25) is 4.79 Å². The maximum Gasteiger partial charge on any atom is 0.306 e. The van der Waals surface area contributed by atoms with E-state index in [0.29, 0.717) is 0 Å². The summed E-state index contributed by atoms with van der Waals surface area (Å²) in [5.41, 5.74) is 1.16. The lowest BCUT2D eigenvalue weighted by Gasteiger charge is -2.28. The molecule has 1 aromatic heterocycles. The predicted molar refractivity (Wildman–Crippen MR) is 85.6 cm³/mol. The molecule has 118 valence electrons. The second kappa shape index (κ2) is 6.88. The van der Waals surface area contributed by atoms with Crippen molar-refractivity contribution >= 4 is 17.3 Å². The van der Waals surface area contributed by atoms with Crippen LogP contribution in [0.25, 0.3) is 0 Å². The van der Waals surface area contributed by atoms with E-state index >= 15 is 0 Å². The summed E-state index contributed by atoms with van der Waals surface area (Å²) in [6.45, 7) is 8.02. The van der Waals surface area contributed by atoms with Crippen LogP contribution in [0, 0.1) is 11.8 Å². The van der Waals surface area contributed by atoms with Crippen LogP contribution in [-0.4, -0.2) is 22.6 Å². The number of carboxylic acids is 1. The Kier molecular flexibility index (Phi) is 5.38. The van der Waals surface area contributed by atoms with Gasteiger partial charge in [0.2, 0.25) is 0 Å². The molecule has 0 spiro atoms. The minimum atomic E-state index is -0.634. The van der Waals surface area contributed by atoms with Crippen LogP contribution in [0.5, 0.6) is 0 Å². The van der Waals surface area contributed by atoms with Crippen molar-refractivity contribution in [2.24, 2.45) is 11.8 Å². The molecule has 0 amide bonds. The van der Waals surface area contributed by atoms with Crippen molar-refractivity contribution in [1.82, 2.24) is 10.3 Å². The number of hydrogen-bond donors (Lipinski definition) is 2. The Morgan fingerprint density at radius 1 is 1.43 bits per heavy atom. The number of carbonyl (C=O) groups is 1. The van der Waals surface area contributed by atoms with Gasteiger partial charge in [0, 0.05) is 17.3 Å². The number of nitrogens with zero attached hydrogens (tertiary/aromatic N) is 1. The highest BCUT2D eigenvalue weighted by Crippen LogP contribution is 2.30. The predicted octanol–water partition coefficient (Wildman–Crippen LogP) is 3.42. The van der Waals surface area contributed by atoms with Crippen molar-refractivity contribution in [3.8, 4) is 0 Å². The van der Waals surface area contributed by atoms with Crippen molar-refractivity contribution in [2.45, 2.75) is 58.4 Å². The van der Waals surface area contributed by atoms with Crippen molar-refractivity contribution in [2.75, 3.05) is 6.54 Å². The number of aromatic nitrogens is 1. The van der Waals surface area contributed by atoms with E-state index in [1.807, 2.05) is 0 Å². The Morgan fingerprint density at radius 3 is 2.76 bits per heavy atom. The molecule has 1 saturated carbocycles. The van der Waals surface area contributed by atoms with E-state index in [9.17, 15) is 9.90 Å². The molecule has 0 aromatic carbocycles. The summed E-state index contributed by atoms with van der Waals surface area (Å²) in [6, 6.07) is 0. The molecule has 4 nitrogen and oxygen atoms in total. The van der Waals surface area contributed by atoms with Crippen LogP contribution >= 0.6 is 11.3 Å². The highest BCUT2D eigenvalue weighted by molar-refractivity contribution is 7.09.